The van der Waals surface area contributed by atoms with Gasteiger partial charge in [-0.2, -0.15) is 0 Å². The molecule has 1 aromatic rings. The minimum Gasteiger partial charge on any atom is -0.459 e. The highest BCUT2D eigenvalue weighted by molar-refractivity contribution is 5.91. The van der Waals surface area contributed by atoms with Crippen molar-refractivity contribution in [1.82, 2.24) is 14.7 Å². The zero-order valence-corrected chi connectivity index (χ0v) is 13.6. The van der Waals surface area contributed by atoms with Gasteiger partial charge in [-0.15, -0.1) is 0 Å². The van der Waals surface area contributed by atoms with E-state index in [1.54, 1.807) is 18.4 Å². The third-order valence-electron chi connectivity index (χ3n) is 6.87. The van der Waals surface area contributed by atoms with Crippen LogP contribution in [0.25, 0.3) is 0 Å². The minimum atomic E-state index is 0.0362. The van der Waals surface area contributed by atoms with Gasteiger partial charge >= 0.3 is 0 Å². The molecule has 1 spiro atoms. The zero-order chi connectivity index (χ0) is 15.4. The molecule has 3 atom stereocenters. The molecular formula is C18H25N3O2. The molecule has 4 fully saturated rings. The number of carbonyl (C=O) groups is 1. The van der Waals surface area contributed by atoms with E-state index in [1.807, 2.05) is 4.90 Å². The van der Waals surface area contributed by atoms with Crippen LogP contribution in [0.15, 0.2) is 22.8 Å². The van der Waals surface area contributed by atoms with Crippen LogP contribution in [0.4, 0.5) is 0 Å². The number of amides is 1. The number of furan rings is 1. The van der Waals surface area contributed by atoms with Gasteiger partial charge in [-0.1, -0.05) is 0 Å². The number of hydrogen-bond donors (Lipinski definition) is 0. The van der Waals surface area contributed by atoms with Crippen molar-refractivity contribution in [2.75, 3.05) is 39.3 Å². The van der Waals surface area contributed by atoms with Crippen LogP contribution >= 0.6 is 0 Å². The lowest BCUT2D eigenvalue weighted by atomic mass is 9.59. The van der Waals surface area contributed by atoms with E-state index in [0.29, 0.717) is 11.3 Å². The lowest BCUT2D eigenvalue weighted by Crippen LogP contribution is -2.71. The normalized spacial score (nSPS) is 37.0. The summed E-state index contributed by atoms with van der Waals surface area (Å²) in [7, 11) is 0. The Kier molecular flexibility index (Phi) is 3.10. The second kappa shape index (κ2) is 5.08. The first-order valence-corrected chi connectivity index (χ1v) is 9.08. The summed E-state index contributed by atoms with van der Waals surface area (Å²) in [6.45, 7) is 6.14. The molecule has 1 amide bonds. The second-order valence-electron chi connectivity index (χ2n) is 7.75. The Morgan fingerprint density at radius 3 is 2.78 bits per heavy atom. The van der Waals surface area contributed by atoms with E-state index in [2.05, 4.69) is 9.80 Å². The van der Waals surface area contributed by atoms with E-state index in [-0.39, 0.29) is 5.91 Å². The standard InChI is InChI=1S/C18H25N3O2/c22-17(16-2-1-11-23-16)20-9-7-19(8-10-20)13-15-12-18-5-3-14(18)4-6-21(15)18/h1-2,11,14-15H,3-10,12-13H2. The number of rotatable bonds is 3. The highest BCUT2D eigenvalue weighted by Crippen LogP contribution is 2.59. The number of nitrogens with zero attached hydrogens (tertiary/aromatic N) is 3. The SMILES string of the molecule is O=C(c1ccco1)N1CCN(CC2CC34CCC3CCN24)CC1. The van der Waals surface area contributed by atoms with E-state index in [9.17, 15) is 4.79 Å². The molecule has 0 radical (unpaired) electrons. The predicted octanol–water partition coefficient (Wildman–Crippen LogP) is 1.66. The highest BCUT2D eigenvalue weighted by Gasteiger charge is 2.63. The van der Waals surface area contributed by atoms with Crippen molar-refractivity contribution in [2.24, 2.45) is 5.92 Å². The molecule has 3 saturated heterocycles. The van der Waals surface area contributed by atoms with Crippen molar-refractivity contribution in [3.63, 3.8) is 0 Å². The Bertz CT molecular complexity index is 593. The molecule has 5 nitrogen and oxygen atoms in total. The van der Waals surface area contributed by atoms with Gasteiger partial charge in [0.15, 0.2) is 5.76 Å². The Labute approximate surface area is 137 Å². The molecule has 3 unspecified atom stereocenters. The van der Waals surface area contributed by atoms with E-state index < -0.39 is 0 Å². The maximum absolute atomic E-state index is 12.3. The number of piperazine rings is 1. The second-order valence-corrected chi connectivity index (χ2v) is 7.75. The number of carbonyl (C=O) groups excluding carboxylic acids is 1. The molecule has 0 N–H and O–H groups in total. The third-order valence-corrected chi connectivity index (χ3v) is 6.87. The first kappa shape index (κ1) is 14.1. The fraction of sp³-hybridized carbons (Fsp3) is 0.722. The van der Waals surface area contributed by atoms with Gasteiger partial charge < -0.3 is 9.32 Å². The molecular weight excluding hydrogens is 290 g/mol. The smallest absolute Gasteiger partial charge is 0.289 e. The monoisotopic (exact) mass is 315 g/mol. The predicted molar refractivity (Wildman–Crippen MR) is 86.2 cm³/mol. The Morgan fingerprint density at radius 1 is 1.22 bits per heavy atom. The van der Waals surface area contributed by atoms with Gasteiger partial charge in [0.05, 0.1) is 6.26 Å². The number of hydrogen-bond acceptors (Lipinski definition) is 4. The largest absolute Gasteiger partial charge is 0.459 e. The molecule has 0 bridgehead atoms. The highest BCUT2D eigenvalue weighted by atomic mass is 16.3. The average Bonchev–Trinajstić information content (AvgIpc) is 3.13. The quantitative estimate of drug-likeness (QED) is 0.850. The first-order valence-electron chi connectivity index (χ1n) is 9.08. The summed E-state index contributed by atoms with van der Waals surface area (Å²) < 4.78 is 5.23. The molecule has 1 aliphatic carbocycles. The third kappa shape index (κ3) is 2.02. The molecule has 1 aromatic heterocycles. The van der Waals surface area contributed by atoms with Gasteiger partial charge in [-0.05, 0) is 50.3 Å². The van der Waals surface area contributed by atoms with E-state index in [0.717, 1.165) is 38.1 Å². The van der Waals surface area contributed by atoms with Gasteiger partial charge in [0.2, 0.25) is 0 Å². The molecule has 1 saturated carbocycles. The summed E-state index contributed by atoms with van der Waals surface area (Å²) in [4.78, 5) is 19.6. The summed E-state index contributed by atoms with van der Waals surface area (Å²) in [5.74, 6) is 1.52. The summed E-state index contributed by atoms with van der Waals surface area (Å²) in [6, 6.07) is 4.30. The molecule has 23 heavy (non-hydrogen) atoms. The van der Waals surface area contributed by atoms with Crippen LogP contribution in [0.3, 0.4) is 0 Å². The zero-order valence-electron chi connectivity index (χ0n) is 13.6. The summed E-state index contributed by atoms with van der Waals surface area (Å²) in [5, 5.41) is 0. The maximum Gasteiger partial charge on any atom is 0.289 e. The van der Waals surface area contributed by atoms with Crippen molar-refractivity contribution in [2.45, 2.75) is 37.3 Å². The van der Waals surface area contributed by atoms with Crippen LogP contribution < -0.4 is 0 Å². The fourth-order valence-electron chi connectivity index (χ4n) is 5.48. The van der Waals surface area contributed by atoms with Crippen LogP contribution in [-0.2, 0) is 0 Å². The van der Waals surface area contributed by atoms with Crippen molar-refractivity contribution < 1.29 is 9.21 Å². The van der Waals surface area contributed by atoms with E-state index in [4.69, 9.17) is 4.42 Å². The first-order chi connectivity index (χ1) is 11.3. The molecule has 0 aromatic carbocycles. The molecule has 3 aliphatic heterocycles. The lowest BCUT2D eigenvalue weighted by molar-refractivity contribution is -0.122. The summed E-state index contributed by atoms with van der Waals surface area (Å²) in [6.07, 6.45) is 7.33. The Balaban J connectivity index is 1.13. The molecule has 4 heterocycles. The van der Waals surface area contributed by atoms with Crippen molar-refractivity contribution in [3.8, 4) is 0 Å². The minimum absolute atomic E-state index is 0.0362. The van der Waals surface area contributed by atoms with Gasteiger partial charge in [0.25, 0.3) is 5.91 Å². The van der Waals surface area contributed by atoms with Crippen LogP contribution in [0.1, 0.15) is 36.2 Å². The fourth-order valence-corrected chi connectivity index (χ4v) is 5.48. The van der Waals surface area contributed by atoms with E-state index in [1.165, 1.54) is 38.8 Å². The topological polar surface area (TPSA) is 39.9 Å². The average molecular weight is 315 g/mol. The van der Waals surface area contributed by atoms with Gasteiger partial charge in [-0.25, -0.2) is 0 Å². The van der Waals surface area contributed by atoms with Crippen LogP contribution in [0.5, 0.6) is 0 Å². The van der Waals surface area contributed by atoms with Gasteiger partial charge in [0, 0.05) is 44.3 Å². The van der Waals surface area contributed by atoms with Crippen molar-refractivity contribution >= 4 is 5.91 Å². The molecule has 124 valence electrons. The van der Waals surface area contributed by atoms with Crippen LogP contribution in [-0.4, -0.2) is 71.5 Å². The van der Waals surface area contributed by atoms with Crippen LogP contribution in [0.2, 0.25) is 0 Å². The summed E-state index contributed by atoms with van der Waals surface area (Å²) >= 11 is 0. The Morgan fingerprint density at radius 2 is 2.09 bits per heavy atom. The van der Waals surface area contributed by atoms with Crippen molar-refractivity contribution in [1.29, 1.82) is 0 Å². The van der Waals surface area contributed by atoms with E-state index >= 15 is 0 Å². The summed E-state index contributed by atoms with van der Waals surface area (Å²) in [5.41, 5.74) is 0.641. The van der Waals surface area contributed by atoms with Gasteiger partial charge in [-0.3, -0.25) is 14.6 Å². The Hall–Kier alpha value is -1.33. The lowest BCUT2D eigenvalue weighted by Gasteiger charge is -2.63. The van der Waals surface area contributed by atoms with Crippen molar-refractivity contribution in [3.05, 3.63) is 24.2 Å². The molecule has 4 aliphatic rings. The van der Waals surface area contributed by atoms with Gasteiger partial charge in [0.1, 0.15) is 0 Å². The molecule has 5 rings (SSSR count). The van der Waals surface area contributed by atoms with Crippen LogP contribution in [0, 0.1) is 5.92 Å². The molecule has 5 heteroatoms. The maximum atomic E-state index is 12.3.